The smallest absolute Gasteiger partial charge is 0.255 e. The fourth-order valence-corrected chi connectivity index (χ4v) is 4.63. The Kier molecular flexibility index (Phi) is 7.66. The van der Waals surface area contributed by atoms with E-state index in [1.807, 2.05) is 18.2 Å². The van der Waals surface area contributed by atoms with Gasteiger partial charge in [0.05, 0.1) is 30.9 Å². The maximum atomic E-state index is 12.9. The molecule has 0 atom stereocenters. The Hall–Kier alpha value is -2.46. The van der Waals surface area contributed by atoms with E-state index in [4.69, 9.17) is 9.47 Å². The Morgan fingerprint density at radius 3 is 2.58 bits per heavy atom. The molecule has 9 heteroatoms. The van der Waals surface area contributed by atoms with Gasteiger partial charge in [-0.3, -0.25) is 9.69 Å². The van der Waals surface area contributed by atoms with Crippen molar-refractivity contribution in [3.05, 3.63) is 53.6 Å². The Bertz CT molecular complexity index is 1020. The van der Waals surface area contributed by atoms with E-state index in [-0.39, 0.29) is 22.5 Å². The summed E-state index contributed by atoms with van der Waals surface area (Å²) in [5.41, 5.74) is 1.80. The van der Waals surface area contributed by atoms with Crippen LogP contribution < -0.4 is 14.8 Å². The van der Waals surface area contributed by atoms with Gasteiger partial charge in [-0.25, -0.2) is 13.1 Å². The molecule has 1 aliphatic heterocycles. The average Bonchev–Trinajstić information content (AvgIpc) is 2.73. The van der Waals surface area contributed by atoms with Crippen molar-refractivity contribution < 1.29 is 22.7 Å². The molecule has 0 bridgehead atoms. The van der Waals surface area contributed by atoms with E-state index in [0.717, 1.165) is 25.2 Å². The minimum atomic E-state index is -3.70. The van der Waals surface area contributed by atoms with Gasteiger partial charge in [0, 0.05) is 31.2 Å². The number of ether oxygens (including phenoxy) is 2. The van der Waals surface area contributed by atoms with Gasteiger partial charge in [-0.1, -0.05) is 12.1 Å². The Morgan fingerprint density at radius 1 is 1.16 bits per heavy atom. The van der Waals surface area contributed by atoms with Gasteiger partial charge in [-0.2, -0.15) is 0 Å². The Labute approximate surface area is 183 Å². The summed E-state index contributed by atoms with van der Waals surface area (Å²) in [6.07, 6.45) is 0. The van der Waals surface area contributed by atoms with Gasteiger partial charge in [0.1, 0.15) is 5.75 Å². The standard InChI is InChI=1S/C22H29N3O5S/c1-16(2)24-31(27,28)19-7-8-21(29-3)20(14-19)23-22(26)18-6-4-5-17(13-18)15-25-9-11-30-12-10-25/h4-8,13-14,16,24H,9-12,15H2,1-3H3,(H,23,26). The number of morpholine rings is 1. The largest absolute Gasteiger partial charge is 0.495 e. The minimum Gasteiger partial charge on any atom is -0.495 e. The van der Waals surface area contributed by atoms with Crippen LogP contribution in [0.25, 0.3) is 0 Å². The highest BCUT2D eigenvalue weighted by atomic mass is 32.2. The third kappa shape index (κ3) is 6.27. The molecule has 1 heterocycles. The molecule has 2 aromatic carbocycles. The molecule has 2 N–H and O–H groups in total. The molecule has 1 fully saturated rings. The molecule has 3 rings (SSSR count). The zero-order valence-corrected chi connectivity index (χ0v) is 18.9. The fraction of sp³-hybridized carbons (Fsp3) is 0.409. The summed E-state index contributed by atoms with van der Waals surface area (Å²) in [5, 5.41) is 2.78. The van der Waals surface area contributed by atoms with Crippen molar-refractivity contribution in [3.63, 3.8) is 0 Å². The lowest BCUT2D eigenvalue weighted by Crippen LogP contribution is -2.35. The van der Waals surface area contributed by atoms with Crippen molar-refractivity contribution in [1.82, 2.24) is 9.62 Å². The first-order valence-electron chi connectivity index (χ1n) is 10.2. The second kappa shape index (κ2) is 10.2. The third-order valence-corrected chi connectivity index (χ3v) is 6.48. The molecule has 31 heavy (non-hydrogen) atoms. The number of carbonyl (C=O) groups is 1. The van der Waals surface area contributed by atoms with Crippen molar-refractivity contribution in [2.75, 3.05) is 38.7 Å². The van der Waals surface area contributed by atoms with E-state index in [2.05, 4.69) is 14.9 Å². The van der Waals surface area contributed by atoms with Crippen LogP contribution in [0.5, 0.6) is 5.75 Å². The van der Waals surface area contributed by atoms with E-state index in [0.29, 0.717) is 24.5 Å². The number of sulfonamides is 1. The van der Waals surface area contributed by atoms with Crippen LogP contribution in [0, 0.1) is 0 Å². The molecule has 1 saturated heterocycles. The molecule has 0 aliphatic carbocycles. The van der Waals surface area contributed by atoms with Crippen molar-refractivity contribution in [2.45, 2.75) is 31.3 Å². The second-order valence-electron chi connectivity index (χ2n) is 7.68. The molecule has 0 saturated carbocycles. The number of nitrogens with zero attached hydrogens (tertiary/aromatic N) is 1. The highest BCUT2D eigenvalue weighted by molar-refractivity contribution is 7.89. The van der Waals surface area contributed by atoms with Gasteiger partial charge >= 0.3 is 0 Å². The molecule has 1 amide bonds. The van der Waals surface area contributed by atoms with Crippen LogP contribution in [-0.2, 0) is 21.3 Å². The number of methoxy groups -OCH3 is 1. The minimum absolute atomic E-state index is 0.0540. The lowest BCUT2D eigenvalue weighted by molar-refractivity contribution is 0.0342. The number of anilines is 1. The number of nitrogens with one attached hydrogen (secondary N) is 2. The summed E-state index contributed by atoms with van der Waals surface area (Å²) in [6.45, 7) is 7.37. The van der Waals surface area contributed by atoms with E-state index in [9.17, 15) is 13.2 Å². The number of rotatable bonds is 8. The first kappa shape index (κ1) is 23.2. The zero-order valence-electron chi connectivity index (χ0n) is 18.1. The van der Waals surface area contributed by atoms with Crippen LogP contribution in [-0.4, -0.2) is 58.7 Å². The summed E-state index contributed by atoms with van der Waals surface area (Å²) < 4.78 is 38.2. The third-order valence-electron chi connectivity index (χ3n) is 4.82. The monoisotopic (exact) mass is 447 g/mol. The number of carbonyl (C=O) groups excluding carboxylic acids is 1. The second-order valence-corrected chi connectivity index (χ2v) is 9.40. The molecule has 0 aromatic heterocycles. The molecule has 1 aliphatic rings. The van der Waals surface area contributed by atoms with E-state index in [1.54, 1.807) is 19.9 Å². The summed E-state index contributed by atoms with van der Waals surface area (Å²) in [6, 6.07) is 11.5. The predicted molar refractivity (Wildman–Crippen MR) is 119 cm³/mol. The first-order valence-corrected chi connectivity index (χ1v) is 11.7. The summed E-state index contributed by atoms with van der Waals surface area (Å²) >= 11 is 0. The fourth-order valence-electron chi connectivity index (χ4n) is 3.35. The van der Waals surface area contributed by atoms with Gasteiger partial charge < -0.3 is 14.8 Å². The van der Waals surface area contributed by atoms with Crippen molar-refractivity contribution in [2.24, 2.45) is 0 Å². The molecule has 0 radical (unpaired) electrons. The maximum absolute atomic E-state index is 12.9. The highest BCUT2D eigenvalue weighted by Crippen LogP contribution is 2.28. The van der Waals surface area contributed by atoms with Gasteiger partial charge in [0.25, 0.3) is 5.91 Å². The van der Waals surface area contributed by atoms with Crippen molar-refractivity contribution >= 4 is 21.6 Å². The number of amides is 1. The van der Waals surface area contributed by atoms with E-state index < -0.39 is 10.0 Å². The zero-order chi connectivity index (χ0) is 22.4. The Balaban J connectivity index is 1.79. The molecule has 0 unspecified atom stereocenters. The van der Waals surface area contributed by atoms with E-state index >= 15 is 0 Å². The quantitative estimate of drug-likeness (QED) is 0.645. The van der Waals surface area contributed by atoms with Crippen LogP contribution in [0.4, 0.5) is 5.69 Å². The van der Waals surface area contributed by atoms with Gasteiger partial charge in [-0.05, 0) is 49.7 Å². The predicted octanol–water partition coefficient (Wildman–Crippen LogP) is 2.47. The summed E-state index contributed by atoms with van der Waals surface area (Å²) in [4.78, 5) is 15.2. The number of hydrogen-bond donors (Lipinski definition) is 2. The maximum Gasteiger partial charge on any atom is 0.255 e. The molecule has 0 spiro atoms. The van der Waals surface area contributed by atoms with Crippen LogP contribution in [0.1, 0.15) is 29.8 Å². The molecular formula is C22H29N3O5S. The van der Waals surface area contributed by atoms with Crippen LogP contribution in [0.3, 0.4) is 0 Å². The lowest BCUT2D eigenvalue weighted by Gasteiger charge is -2.26. The normalized spacial score (nSPS) is 15.1. The molecular weight excluding hydrogens is 418 g/mol. The van der Waals surface area contributed by atoms with E-state index in [1.165, 1.54) is 25.3 Å². The van der Waals surface area contributed by atoms with Gasteiger partial charge in [-0.15, -0.1) is 0 Å². The molecule has 168 valence electrons. The topological polar surface area (TPSA) is 97.0 Å². The molecule has 2 aromatic rings. The SMILES string of the molecule is COc1ccc(S(=O)(=O)NC(C)C)cc1NC(=O)c1cccc(CN2CCOCC2)c1. The summed E-state index contributed by atoms with van der Waals surface area (Å²) in [7, 11) is -2.24. The van der Waals surface area contributed by atoms with Crippen molar-refractivity contribution in [3.8, 4) is 5.75 Å². The van der Waals surface area contributed by atoms with Crippen molar-refractivity contribution in [1.29, 1.82) is 0 Å². The number of hydrogen-bond acceptors (Lipinski definition) is 6. The average molecular weight is 448 g/mol. The van der Waals surface area contributed by atoms with Gasteiger partial charge in [0.15, 0.2) is 0 Å². The summed E-state index contributed by atoms with van der Waals surface area (Å²) in [5.74, 6) is 0.0369. The number of benzene rings is 2. The molecule has 8 nitrogen and oxygen atoms in total. The Morgan fingerprint density at radius 2 is 1.90 bits per heavy atom. The van der Waals surface area contributed by atoms with Crippen LogP contribution in [0.15, 0.2) is 47.4 Å². The van der Waals surface area contributed by atoms with Crippen LogP contribution >= 0.6 is 0 Å². The van der Waals surface area contributed by atoms with Gasteiger partial charge in [0.2, 0.25) is 10.0 Å². The van der Waals surface area contributed by atoms with Crippen LogP contribution in [0.2, 0.25) is 0 Å². The first-order chi connectivity index (χ1) is 14.8. The lowest BCUT2D eigenvalue weighted by atomic mass is 10.1. The highest BCUT2D eigenvalue weighted by Gasteiger charge is 2.19.